The van der Waals surface area contributed by atoms with Crippen molar-refractivity contribution in [1.82, 2.24) is 19.9 Å². The van der Waals surface area contributed by atoms with E-state index in [1.807, 2.05) is 0 Å². The Morgan fingerprint density at radius 1 is 1.30 bits per heavy atom. The molecule has 27 heavy (non-hydrogen) atoms. The maximum atomic E-state index is 13.5. The van der Waals surface area contributed by atoms with Crippen molar-refractivity contribution in [3.63, 3.8) is 0 Å². The number of ether oxygens (including phenoxy) is 2. The van der Waals surface area contributed by atoms with Gasteiger partial charge in [0.05, 0.1) is 6.04 Å². The number of amides is 1. The number of carbonyl (C=O) groups is 2. The number of likely N-dealkylation sites (tertiary alicyclic amines) is 1. The summed E-state index contributed by atoms with van der Waals surface area (Å²) in [5.41, 5.74) is -3.02. The van der Waals surface area contributed by atoms with Gasteiger partial charge in [0, 0.05) is 13.1 Å². The zero-order valence-electron chi connectivity index (χ0n) is 15.0. The second-order valence-corrected chi connectivity index (χ2v) is 7.21. The van der Waals surface area contributed by atoms with Crippen molar-refractivity contribution < 1.29 is 32.2 Å². The van der Waals surface area contributed by atoms with Gasteiger partial charge in [-0.15, -0.1) is 5.10 Å². The first kappa shape index (κ1) is 21.3. The SMILES string of the molecule is CC(C)(C)OC(=O)N1CCCC(n2nnc(C(=O)OCCl)c2C(F)(F)F)C1. The molecule has 1 atom stereocenters. The summed E-state index contributed by atoms with van der Waals surface area (Å²) in [5.74, 6) is -1.32. The molecule has 0 spiro atoms. The number of aromatic nitrogens is 3. The molecule has 1 unspecified atom stereocenters. The summed E-state index contributed by atoms with van der Waals surface area (Å²) >= 11 is 5.24. The van der Waals surface area contributed by atoms with Crippen LogP contribution >= 0.6 is 11.6 Å². The summed E-state index contributed by atoms with van der Waals surface area (Å²) < 4.78 is 50.9. The van der Waals surface area contributed by atoms with Crippen molar-refractivity contribution >= 4 is 23.7 Å². The lowest BCUT2D eigenvalue weighted by atomic mass is 10.1. The molecule has 8 nitrogen and oxygen atoms in total. The van der Waals surface area contributed by atoms with Gasteiger partial charge in [0.2, 0.25) is 5.69 Å². The van der Waals surface area contributed by atoms with Gasteiger partial charge in [-0.05, 0) is 33.6 Å². The van der Waals surface area contributed by atoms with E-state index in [4.69, 9.17) is 16.3 Å². The summed E-state index contributed by atoms with van der Waals surface area (Å²) in [4.78, 5) is 25.3. The Morgan fingerprint density at radius 2 is 1.96 bits per heavy atom. The molecule has 152 valence electrons. The molecule has 2 rings (SSSR count). The van der Waals surface area contributed by atoms with E-state index in [1.54, 1.807) is 20.8 Å². The van der Waals surface area contributed by atoms with Crippen LogP contribution in [0.15, 0.2) is 0 Å². The number of piperidine rings is 1. The third-order valence-corrected chi connectivity index (χ3v) is 3.85. The van der Waals surface area contributed by atoms with E-state index >= 15 is 0 Å². The lowest BCUT2D eigenvalue weighted by Crippen LogP contribution is -2.44. The van der Waals surface area contributed by atoms with E-state index in [2.05, 4.69) is 15.0 Å². The van der Waals surface area contributed by atoms with Crippen LogP contribution in [0.1, 0.15) is 55.8 Å². The number of halogens is 4. The smallest absolute Gasteiger partial charge is 0.435 e. The van der Waals surface area contributed by atoms with Crippen LogP contribution in [0.3, 0.4) is 0 Å². The van der Waals surface area contributed by atoms with E-state index < -0.39 is 47.3 Å². The van der Waals surface area contributed by atoms with Crippen molar-refractivity contribution in [3.05, 3.63) is 11.4 Å². The minimum Gasteiger partial charge on any atom is -0.445 e. The number of alkyl halides is 4. The Bertz CT molecular complexity index is 702. The van der Waals surface area contributed by atoms with Gasteiger partial charge in [0.25, 0.3) is 0 Å². The molecule has 1 aromatic heterocycles. The predicted octanol–water partition coefficient (Wildman–Crippen LogP) is 3.22. The Labute approximate surface area is 158 Å². The molecule has 2 heterocycles. The first-order chi connectivity index (χ1) is 12.4. The summed E-state index contributed by atoms with van der Waals surface area (Å²) in [5, 5.41) is 6.83. The summed E-state index contributed by atoms with van der Waals surface area (Å²) in [7, 11) is 0. The van der Waals surface area contributed by atoms with Gasteiger partial charge in [-0.25, -0.2) is 14.3 Å². The van der Waals surface area contributed by atoms with Gasteiger partial charge >= 0.3 is 18.2 Å². The maximum Gasteiger partial charge on any atom is 0.435 e. The highest BCUT2D eigenvalue weighted by atomic mass is 35.5. The highest BCUT2D eigenvalue weighted by Gasteiger charge is 2.44. The van der Waals surface area contributed by atoms with E-state index in [0.29, 0.717) is 24.1 Å². The van der Waals surface area contributed by atoms with Crippen molar-refractivity contribution in [2.45, 2.75) is 51.4 Å². The molecule has 0 radical (unpaired) electrons. The number of rotatable bonds is 3. The van der Waals surface area contributed by atoms with Gasteiger partial charge in [0.15, 0.2) is 11.8 Å². The van der Waals surface area contributed by atoms with Crippen molar-refractivity contribution in [1.29, 1.82) is 0 Å². The molecular weight excluding hydrogens is 393 g/mol. The molecular formula is C15H20ClF3N4O4. The molecule has 0 aliphatic carbocycles. The fourth-order valence-electron chi connectivity index (χ4n) is 2.72. The summed E-state index contributed by atoms with van der Waals surface area (Å²) in [6.07, 6.45) is -4.74. The van der Waals surface area contributed by atoms with Crippen LogP contribution in [-0.2, 0) is 15.7 Å². The minimum atomic E-state index is -4.89. The Kier molecular flexibility index (Phi) is 6.23. The third kappa shape index (κ3) is 5.24. The lowest BCUT2D eigenvalue weighted by Gasteiger charge is -2.34. The third-order valence-electron chi connectivity index (χ3n) is 3.74. The zero-order valence-corrected chi connectivity index (χ0v) is 15.8. The molecule has 1 aliphatic rings. The molecule has 0 saturated carbocycles. The average Bonchev–Trinajstić information content (AvgIpc) is 2.99. The second-order valence-electron chi connectivity index (χ2n) is 6.99. The second kappa shape index (κ2) is 7.91. The fraction of sp³-hybridized carbons (Fsp3) is 0.733. The predicted molar refractivity (Wildman–Crippen MR) is 87.2 cm³/mol. The molecule has 1 aromatic rings. The average molecular weight is 413 g/mol. The van der Waals surface area contributed by atoms with E-state index in [1.165, 1.54) is 4.90 Å². The Hall–Kier alpha value is -2.04. The normalized spacial score (nSPS) is 18.3. The topological polar surface area (TPSA) is 86.5 Å². The molecule has 0 N–H and O–H groups in total. The number of nitrogens with zero attached hydrogens (tertiary/aromatic N) is 4. The zero-order chi connectivity index (χ0) is 20.4. The molecule has 0 bridgehead atoms. The summed E-state index contributed by atoms with van der Waals surface area (Å²) in [6, 6.07) is -1.42. The van der Waals surface area contributed by atoms with Gasteiger partial charge in [-0.3, -0.25) is 0 Å². The quantitative estimate of drug-likeness (QED) is 0.559. The van der Waals surface area contributed by atoms with Crippen LogP contribution in [0.2, 0.25) is 0 Å². The van der Waals surface area contributed by atoms with Crippen LogP contribution < -0.4 is 0 Å². The first-order valence-electron chi connectivity index (χ1n) is 8.17. The monoisotopic (exact) mass is 412 g/mol. The number of esters is 1. The van der Waals surface area contributed by atoms with Gasteiger partial charge in [-0.2, -0.15) is 13.2 Å². The Balaban J connectivity index is 2.29. The first-order valence-corrected chi connectivity index (χ1v) is 8.71. The standard InChI is InChI=1S/C15H20ClF3N4O4/c1-14(2,3)27-13(25)22-6-4-5-9(7-22)23-11(15(17,18)19)10(20-21-23)12(24)26-8-16/h9H,4-8H2,1-3H3. The van der Waals surface area contributed by atoms with Gasteiger partial charge in [0.1, 0.15) is 5.60 Å². The van der Waals surface area contributed by atoms with Crippen LogP contribution in [0, 0.1) is 0 Å². The van der Waals surface area contributed by atoms with E-state index in [0.717, 1.165) is 0 Å². The fourth-order valence-corrected chi connectivity index (χ4v) is 2.81. The van der Waals surface area contributed by atoms with Crippen molar-refractivity contribution in [2.75, 3.05) is 19.2 Å². The number of hydrogen-bond donors (Lipinski definition) is 0. The highest BCUT2D eigenvalue weighted by molar-refractivity contribution is 6.17. The van der Waals surface area contributed by atoms with E-state index in [9.17, 15) is 22.8 Å². The molecule has 1 fully saturated rings. The molecule has 1 aliphatic heterocycles. The molecule has 1 saturated heterocycles. The number of hydrogen-bond acceptors (Lipinski definition) is 6. The van der Waals surface area contributed by atoms with Crippen molar-refractivity contribution in [3.8, 4) is 0 Å². The van der Waals surface area contributed by atoms with Gasteiger partial charge in [-0.1, -0.05) is 16.8 Å². The lowest BCUT2D eigenvalue weighted by molar-refractivity contribution is -0.145. The van der Waals surface area contributed by atoms with Crippen LogP contribution in [0.4, 0.5) is 18.0 Å². The molecule has 0 aromatic carbocycles. The molecule has 12 heteroatoms. The Morgan fingerprint density at radius 3 is 2.52 bits per heavy atom. The van der Waals surface area contributed by atoms with Crippen molar-refractivity contribution in [2.24, 2.45) is 0 Å². The van der Waals surface area contributed by atoms with Crippen LogP contribution in [0.25, 0.3) is 0 Å². The molecule has 1 amide bonds. The van der Waals surface area contributed by atoms with Gasteiger partial charge < -0.3 is 14.4 Å². The van der Waals surface area contributed by atoms with Crippen LogP contribution in [0.5, 0.6) is 0 Å². The highest BCUT2D eigenvalue weighted by Crippen LogP contribution is 2.35. The maximum absolute atomic E-state index is 13.5. The largest absolute Gasteiger partial charge is 0.445 e. The minimum absolute atomic E-state index is 0.0503. The van der Waals surface area contributed by atoms with Crippen LogP contribution in [-0.4, -0.2) is 56.7 Å². The summed E-state index contributed by atoms with van der Waals surface area (Å²) in [6.45, 7) is 5.38. The van der Waals surface area contributed by atoms with E-state index in [-0.39, 0.29) is 6.54 Å². The number of carbonyl (C=O) groups excluding carboxylic acids is 2.